The summed E-state index contributed by atoms with van der Waals surface area (Å²) in [5.74, 6) is 1.97. The van der Waals surface area contributed by atoms with Crippen LogP contribution < -0.4 is 51.7 Å². The first kappa shape index (κ1) is 33.4. The molecule has 5 heteroatoms. The van der Waals surface area contributed by atoms with E-state index in [4.69, 9.17) is 4.74 Å². The topological polar surface area (TPSA) is 15.7 Å². The lowest BCUT2D eigenvalue weighted by atomic mass is 9.26. The molecule has 0 saturated heterocycles. The minimum Gasteiger partial charge on any atom is -0.458 e. The van der Waals surface area contributed by atoms with Crippen molar-refractivity contribution in [3.63, 3.8) is 0 Å². The molecule has 0 unspecified atom stereocenters. The highest BCUT2D eigenvalue weighted by atomic mass is 28.3. The summed E-state index contributed by atoms with van der Waals surface area (Å²) < 4.78 is 7.02. The van der Waals surface area contributed by atoms with Crippen molar-refractivity contribution >= 4 is 86.0 Å². The van der Waals surface area contributed by atoms with E-state index in [-0.39, 0.29) is 17.5 Å². The molecule has 5 aliphatic heterocycles. The zero-order valence-electron chi connectivity index (χ0n) is 33.6. The van der Waals surface area contributed by atoms with Crippen LogP contribution in [0.1, 0.15) is 49.9 Å². The van der Waals surface area contributed by atoms with Crippen LogP contribution in [0.2, 0.25) is 0 Å². The highest BCUT2D eigenvalue weighted by molar-refractivity contribution is 7.23. The Morgan fingerprint density at radius 2 is 0.847 bits per heavy atom. The molecule has 59 heavy (non-hydrogen) atoms. The summed E-state index contributed by atoms with van der Waals surface area (Å²) in [6, 6.07) is 66.4. The number of hydrogen-bond acceptors (Lipinski definition) is 3. The second-order valence-corrected chi connectivity index (χ2v) is 21.6. The molecular formula is C54H41BN2OSi. The third-order valence-electron chi connectivity index (χ3n) is 14.5. The summed E-state index contributed by atoms with van der Waals surface area (Å²) in [5, 5.41) is 5.66. The molecule has 8 aromatic carbocycles. The molecule has 0 radical (unpaired) electrons. The van der Waals surface area contributed by atoms with Crippen LogP contribution in [0.15, 0.2) is 176 Å². The van der Waals surface area contributed by atoms with Gasteiger partial charge in [0.2, 0.25) is 0 Å². The lowest BCUT2D eigenvalue weighted by Gasteiger charge is -2.52. The highest BCUT2D eigenvalue weighted by Crippen LogP contribution is 2.51. The Morgan fingerprint density at radius 1 is 0.390 bits per heavy atom. The van der Waals surface area contributed by atoms with Crippen molar-refractivity contribution in [2.75, 3.05) is 9.80 Å². The monoisotopic (exact) mass is 772 g/mol. The Bertz CT molecular complexity index is 3040. The summed E-state index contributed by atoms with van der Waals surface area (Å²) in [7, 11) is -2.92. The lowest BCUT2D eigenvalue weighted by molar-refractivity contribution is 0.481. The van der Waals surface area contributed by atoms with Gasteiger partial charge in [-0.15, -0.1) is 0 Å². The fourth-order valence-corrected chi connectivity index (χ4v) is 17.7. The van der Waals surface area contributed by atoms with Crippen LogP contribution in [0, 0.1) is 0 Å². The summed E-state index contributed by atoms with van der Waals surface area (Å²) >= 11 is 0. The first-order valence-electron chi connectivity index (χ1n) is 21.0. The molecule has 0 atom stereocenters. The van der Waals surface area contributed by atoms with E-state index in [0.717, 1.165) is 11.5 Å². The number of benzene rings is 8. The van der Waals surface area contributed by atoms with Gasteiger partial charge < -0.3 is 14.5 Å². The molecule has 13 rings (SSSR count). The number of hydrogen-bond donors (Lipinski definition) is 0. The van der Waals surface area contributed by atoms with Gasteiger partial charge in [0.05, 0.1) is 0 Å². The van der Waals surface area contributed by atoms with Crippen LogP contribution in [0.3, 0.4) is 0 Å². The van der Waals surface area contributed by atoms with Crippen LogP contribution in [0.25, 0.3) is 0 Å². The molecule has 0 fully saturated rings. The maximum absolute atomic E-state index is 7.02. The van der Waals surface area contributed by atoms with E-state index in [2.05, 4.69) is 213 Å². The largest absolute Gasteiger partial charge is 0.458 e. The smallest absolute Gasteiger partial charge is 0.252 e. The number of nitrogens with zero attached hydrogens (tertiary/aromatic N) is 2. The van der Waals surface area contributed by atoms with Gasteiger partial charge in [0.15, 0.2) is 8.07 Å². The first-order valence-corrected chi connectivity index (χ1v) is 23.0. The summed E-state index contributed by atoms with van der Waals surface area (Å²) in [6.45, 7) is 9.79. The number of fused-ring (bicyclic) bond motifs is 8. The molecule has 280 valence electrons. The molecule has 5 aliphatic rings. The zero-order valence-corrected chi connectivity index (χ0v) is 34.6. The Hall–Kier alpha value is -6.56. The second-order valence-electron chi connectivity index (χ2n) is 18.0. The van der Waals surface area contributed by atoms with E-state index in [1.807, 2.05) is 0 Å². The van der Waals surface area contributed by atoms with E-state index < -0.39 is 8.07 Å². The van der Waals surface area contributed by atoms with Gasteiger partial charge >= 0.3 is 0 Å². The van der Waals surface area contributed by atoms with Crippen molar-refractivity contribution in [3.05, 3.63) is 198 Å². The van der Waals surface area contributed by atoms with Crippen molar-refractivity contribution in [2.24, 2.45) is 0 Å². The zero-order chi connectivity index (χ0) is 39.4. The predicted molar refractivity (Wildman–Crippen MR) is 248 cm³/mol. The maximum atomic E-state index is 7.02. The van der Waals surface area contributed by atoms with E-state index in [9.17, 15) is 0 Å². The van der Waals surface area contributed by atoms with Crippen LogP contribution in [0.5, 0.6) is 11.5 Å². The molecule has 0 bridgehead atoms. The van der Waals surface area contributed by atoms with Crippen LogP contribution in [0.4, 0.5) is 34.1 Å². The molecule has 8 aromatic rings. The van der Waals surface area contributed by atoms with Crippen molar-refractivity contribution in [2.45, 2.75) is 38.5 Å². The molecule has 0 amide bonds. The molecule has 0 N–H and O–H groups in total. The van der Waals surface area contributed by atoms with Gasteiger partial charge in [0.1, 0.15) is 11.5 Å². The molecule has 3 nitrogen and oxygen atoms in total. The van der Waals surface area contributed by atoms with E-state index in [1.54, 1.807) is 0 Å². The average Bonchev–Trinajstić information content (AvgIpc) is 3.27. The number of ether oxygens (including phenoxy) is 1. The SMILES string of the molecule is CC1(C)c2cccc3c2B2c4c1cccc4C(C)(C)c1c(N4c5ccccc5[Si]5(c6ccccc6N(c6ccccc6)c6ccccc65)c5ccccc54)ccc(c12)O3. The van der Waals surface area contributed by atoms with E-state index >= 15 is 0 Å². The number of anilines is 6. The minimum atomic E-state index is -2.92. The number of para-hydroxylation sites is 5. The molecule has 0 aromatic heterocycles. The van der Waals surface area contributed by atoms with Gasteiger partial charge in [-0.25, -0.2) is 0 Å². The Kier molecular flexibility index (Phi) is 6.42. The maximum Gasteiger partial charge on any atom is 0.252 e. The molecule has 5 heterocycles. The van der Waals surface area contributed by atoms with Crippen molar-refractivity contribution in [1.82, 2.24) is 0 Å². The average molecular weight is 773 g/mol. The quantitative estimate of drug-likeness (QED) is 0.164. The van der Waals surface area contributed by atoms with Crippen molar-refractivity contribution in [3.8, 4) is 11.5 Å². The van der Waals surface area contributed by atoms with Crippen molar-refractivity contribution < 1.29 is 4.74 Å². The molecule has 1 spiro atoms. The molecular weight excluding hydrogens is 732 g/mol. The minimum absolute atomic E-state index is 0.101. The van der Waals surface area contributed by atoms with Crippen molar-refractivity contribution in [1.29, 1.82) is 0 Å². The lowest BCUT2D eigenvalue weighted by Crippen LogP contribution is -2.79. The first-order chi connectivity index (χ1) is 28.8. The fourth-order valence-electron chi connectivity index (χ4n) is 12.3. The third-order valence-corrected chi connectivity index (χ3v) is 19.5. The van der Waals surface area contributed by atoms with Gasteiger partial charge in [0, 0.05) is 45.0 Å². The van der Waals surface area contributed by atoms with Gasteiger partial charge in [-0.05, 0) is 109 Å². The van der Waals surface area contributed by atoms with Gasteiger partial charge in [-0.1, -0.05) is 154 Å². The summed E-state index contributed by atoms with van der Waals surface area (Å²) in [5.41, 5.74) is 16.7. The normalized spacial score (nSPS) is 16.9. The van der Waals surface area contributed by atoms with Gasteiger partial charge in [-0.2, -0.15) is 0 Å². The van der Waals surface area contributed by atoms with Crippen LogP contribution in [-0.4, -0.2) is 14.8 Å². The number of rotatable bonds is 2. The highest BCUT2D eigenvalue weighted by Gasteiger charge is 2.56. The van der Waals surface area contributed by atoms with Gasteiger partial charge in [0.25, 0.3) is 6.71 Å². The fraction of sp³-hybridized carbons (Fsp3) is 0.111. The second kappa shape index (κ2) is 11.3. The molecule has 0 aliphatic carbocycles. The predicted octanol–water partition coefficient (Wildman–Crippen LogP) is 8.53. The summed E-state index contributed by atoms with van der Waals surface area (Å²) in [6.07, 6.45) is 0. The standard InChI is InChI=1S/C54H41BN2OSi/c1-53(2)35-20-16-21-36-50(35)55-51-37(53)22-17-27-43(51)58-44-33-32-42(49(52(44)55)54(36,3)4)57-40-25-10-14-30-47(40)59(48-31-15-11-26-41(48)57)45-28-12-8-23-38(45)56(34-18-6-5-7-19-34)39-24-9-13-29-46(39)59/h5-33H,1-4H3. The third kappa shape index (κ3) is 3.95. The van der Waals surface area contributed by atoms with E-state index in [1.165, 1.54) is 93.5 Å². The van der Waals surface area contributed by atoms with E-state index in [0.29, 0.717) is 0 Å². The molecule has 0 saturated carbocycles. The Labute approximate surface area is 347 Å². The van der Waals surface area contributed by atoms with Crippen LogP contribution in [-0.2, 0) is 10.8 Å². The van der Waals surface area contributed by atoms with Gasteiger partial charge in [-0.3, -0.25) is 0 Å². The van der Waals surface area contributed by atoms with Crippen LogP contribution >= 0.6 is 0 Å². The summed E-state index contributed by atoms with van der Waals surface area (Å²) in [4.78, 5) is 5.11. The Morgan fingerprint density at radius 3 is 1.42 bits per heavy atom. The Balaban J connectivity index is 1.12.